The zero-order valence-electron chi connectivity index (χ0n) is 23.9. The van der Waals surface area contributed by atoms with Crippen molar-refractivity contribution < 1.29 is 18.0 Å². The summed E-state index contributed by atoms with van der Waals surface area (Å²) in [5.41, 5.74) is 3.39. The number of hydrogen-bond donors (Lipinski definition) is 1. The van der Waals surface area contributed by atoms with Gasteiger partial charge in [-0.3, -0.25) is 13.9 Å². The zero-order valence-corrected chi connectivity index (χ0v) is 24.7. The lowest BCUT2D eigenvalue weighted by Gasteiger charge is -2.34. The molecule has 7 nitrogen and oxygen atoms in total. The van der Waals surface area contributed by atoms with E-state index in [0.717, 1.165) is 26.6 Å². The standard InChI is InChI=1S/C31H39N3O4S/c1-22-13-16-27(17-14-22)39(37,38)34(28-18-15-23(2)19-24(28)3)21-29(35)33(20-26-11-9-8-10-12-26)25(4)30(36)32-31(5,6)7/h8-19,25H,20-21H2,1-7H3,(H,32,36)/t25-/m1/s1. The van der Waals surface area contributed by atoms with E-state index in [0.29, 0.717) is 5.69 Å². The van der Waals surface area contributed by atoms with Crippen molar-refractivity contribution in [1.82, 2.24) is 10.2 Å². The molecule has 0 aliphatic carbocycles. The first kappa shape index (κ1) is 29.9. The Hall–Kier alpha value is -3.65. The first-order chi connectivity index (χ1) is 18.2. The second kappa shape index (κ2) is 12.0. The number of nitrogens with one attached hydrogen (secondary N) is 1. The molecular weight excluding hydrogens is 510 g/mol. The number of carbonyl (C=O) groups is 2. The van der Waals surface area contributed by atoms with E-state index in [2.05, 4.69) is 5.32 Å². The molecule has 0 bridgehead atoms. The third-order valence-electron chi connectivity index (χ3n) is 6.37. The van der Waals surface area contributed by atoms with Gasteiger partial charge in [-0.1, -0.05) is 65.7 Å². The summed E-state index contributed by atoms with van der Waals surface area (Å²) in [6.07, 6.45) is 0. The molecule has 2 amide bonds. The Labute approximate surface area is 232 Å². The van der Waals surface area contributed by atoms with E-state index in [1.807, 2.05) is 84.0 Å². The first-order valence-corrected chi connectivity index (χ1v) is 14.4. The van der Waals surface area contributed by atoms with Crippen LogP contribution in [-0.4, -0.2) is 43.3 Å². The summed E-state index contributed by atoms with van der Waals surface area (Å²) >= 11 is 0. The predicted molar refractivity (Wildman–Crippen MR) is 156 cm³/mol. The number of aryl methyl sites for hydroxylation is 3. The van der Waals surface area contributed by atoms with Gasteiger partial charge in [0.25, 0.3) is 10.0 Å². The van der Waals surface area contributed by atoms with E-state index in [-0.39, 0.29) is 17.3 Å². The normalized spacial score (nSPS) is 12.5. The Morgan fingerprint density at radius 2 is 1.46 bits per heavy atom. The van der Waals surface area contributed by atoms with Gasteiger partial charge < -0.3 is 10.2 Å². The smallest absolute Gasteiger partial charge is 0.264 e. The molecular formula is C31H39N3O4S. The fourth-order valence-corrected chi connectivity index (χ4v) is 5.75. The quantitative estimate of drug-likeness (QED) is 0.401. The van der Waals surface area contributed by atoms with E-state index < -0.39 is 34.1 Å². The molecule has 0 heterocycles. The van der Waals surface area contributed by atoms with Crippen molar-refractivity contribution in [1.29, 1.82) is 0 Å². The fourth-order valence-electron chi connectivity index (χ4n) is 4.27. The van der Waals surface area contributed by atoms with Gasteiger partial charge in [0, 0.05) is 12.1 Å². The average molecular weight is 550 g/mol. The van der Waals surface area contributed by atoms with Crippen molar-refractivity contribution in [2.75, 3.05) is 10.8 Å². The average Bonchev–Trinajstić information content (AvgIpc) is 2.85. The first-order valence-electron chi connectivity index (χ1n) is 13.0. The number of amides is 2. The van der Waals surface area contributed by atoms with Crippen molar-refractivity contribution in [3.63, 3.8) is 0 Å². The second-order valence-electron chi connectivity index (χ2n) is 11.0. The van der Waals surface area contributed by atoms with E-state index in [4.69, 9.17) is 0 Å². The van der Waals surface area contributed by atoms with Crippen LogP contribution >= 0.6 is 0 Å². The van der Waals surface area contributed by atoms with Gasteiger partial charge in [0.05, 0.1) is 10.6 Å². The minimum Gasteiger partial charge on any atom is -0.350 e. The Morgan fingerprint density at radius 3 is 2.03 bits per heavy atom. The Balaban J connectivity index is 2.06. The van der Waals surface area contributed by atoms with Gasteiger partial charge in [0.1, 0.15) is 12.6 Å². The zero-order chi connectivity index (χ0) is 29.0. The van der Waals surface area contributed by atoms with Crippen LogP contribution in [0, 0.1) is 20.8 Å². The summed E-state index contributed by atoms with van der Waals surface area (Å²) in [5, 5.41) is 2.94. The van der Waals surface area contributed by atoms with E-state index >= 15 is 0 Å². The Bertz CT molecular complexity index is 1410. The summed E-state index contributed by atoms with van der Waals surface area (Å²) in [6.45, 7) is 12.6. The highest BCUT2D eigenvalue weighted by Crippen LogP contribution is 2.28. The van der Waals surface area contributed by atoms with Gasteiger partial charge in [-0.25, -0.2) is 8.42 Å². The number of nitrogens with zero attached hydrogens (tertiary/aromatic N) is 2. The summed E-state index contributed by atoms with van der Waals surface area (Å²) in [4.78, 5) is 28.7. The van der Waals surface area contributed by atoms with Crippen LogP contribution in [0.25, 0.3) is 0 Å². The lowest BCUT2D eigenvalue weighted by Crippen LogP contribution is -2.54. The molecule has 39 heavy (non-hydrogen) atoms. The van der Waals surface area contributed by atoms with Crippen LogP contribution in [0.2, 0.25) is 0 Å². The van der Waals surface area contributed by atoms with Crippen molar-refractivity contribution in [3.8, 4) is 0 Å². The van der Waals surface area contributed by atoms with Gasteiger partial charge in [-0.15, -0.1) is 0 Å². The second-order valence-corrected chi connectivity index (χ2v) is 12.9. The maximum atomic E-state index is 14.0. The molecule has 0 saturated heterocycles. The number of benzene rings is 3. The van der Waals surface area contributed by atoms with Crippen LogP contribution in [0.4, 0.5) is 5.69 Å². The van der Waals surface area contributed by atoms with Crippen LogP contribution in [-0.2, 0) is 26.2 Å². The van der Waals surface area contributed by atoms with Crippen molar-refractivity contribution >= 4 is 27.5 Å². The molecule has 0 aliphatic heterocycles. The number of carbonyl (C=O) groups excluding carboxylic acids is 2. The number of hydrogen-bond acceptors (Lipinski definition) is 4. The Morgan fingerprint density at radius 1 is 0.872 bits per heavy atom. The summed E-state index contributed by atoms with van der Waals surface area (Å²) in [5.74, 6) is -0.794. The van der Waals surface area contributed by atoms with Gasteiger partial charge >= 0.3 is 0 Å². The van der Waals surface area contributed by atoms with Crippen LogP contribution in [0.15, 0.2) is 77.7 Å². The SMILES string of the molecule is Cc1ccc(S(=O)(=O)N(CC(=O)N(Cc2ccccc2)[C@H](C)C(=O)NC(C)(C)C)c2ccc(C)cc2C)cc1. The molecule has 8 heteroatoms. The van der Waals surface area contributed by atoms with Gasteiger partial charge in [-0.05, 0) is 77.8 Å². The van der Waals surface area contributed by atoms with Gasteiger partial charge in [0.15, 0.2) is 0 Å². The molecule has 3 aromatic carbocycles. The predicted octanol–water partition coefficient (Wildman–Crippen LogP) is 5.14. The van der Waals surface area contributed by atoms with Crippen molar-refractivity contribution in [3.05, 3.63) is 95.1 Å². The molecule has 208 valence electrons. The van der Waals surface area contributed by atoms with Crippen molar-refractivity contribution in [2.24, 2.45) is 0 Å². The third-order valence-corrected chi connectivity index (χ3v) is 8.14. The van der Waals surface area contributed by atoms with E-state index in [9.17, 15) is 18.0 Å². The maximum absolute atomic E-state index is 14.0. The molecule has 0 fully saturated rings. The van der Waals surface area contributed by atoms with Crippen LogP contribution in [0.5, 0.6) is 0 Å². The highest BCUT2D eigenvalue weighted by Gasteiger charge is 2.33. The van der Waals surface area contributed by atoms with E-state index in [1.165, 1.54) is 4.90 Å². The largest absolute Gasteiger partial charge is 0.350 e. The molecule has 1 atom stereocenters. The maximum Gasteiger partial charge on any atom is 0.264 e. The third kappa shape index (κ3) is 7.69. The van der Waals surface area contributed by atoms with Gasteiger partial charge in [0.2, 0.25) is 11.8 Å². The molecule has 0 aromatic heterocycles. The molecule has 0 radical (unpaired) electrons. The topological polar surface area (TPSA) is 86.8 Å². The number of sulfonamides is 1. The number of anilines is 1. The summed E-state index contributed by atoms with van der Waals surface area (Å²) < 4.78 is 29.1. The van der Waals surface area contributed by atoms with Gasteiger partial charge in [-0.2, -0.15) is 0 Å². The molecule has 0 aliphatic rings. The molecule has 0 unspecified atom stereocenters. The van der Waals surface area contributed by atoms with Crippen LogP contribution < -0.4 is 9.62 Å². The summed E-state index contributed by atoms with van der Waals surface area (Å²) in [6, 6.07) is 20.5. The number of rotatable bonds is 9. The molecule has 0 spiro atoms. The highest BCUT2D eigenvalue weighted by molar-refractivity contribution is 7.92. The lowest BCUT2D eigenvalue weighted by atomic mass is 10.1. The molecule has 3 rings (SSSR count). The van der Waals surface area contributed by atoms with Crippen LogP contribution in [0.3, 0.4) is 0 Å². The van der Waals surface area contributed by atoms with Crippen LogP contribution in [0.1, 0.15) is 49.9 Å². The monoisotopic (exact) mass is 549 g/mol. The molecule has 1 N–H and O–H groups in total. The fraction of sp³-hybridized carbons (Fsp3) is 0.355. The molecule has 0 saturated carbocycles. The lowest BCUT2D eigenvalue weighted by molar-refractivity contribution is -0.140. The summed E-state index contributed by atoms with van der Waals surface area (Å²) in [7, 11) is -4.10. The van der Waals surface area contributed by atoms with E-state index in [1.54, 1.807) is 37.3 Å². The molecule has 3 aromatic rings. The minimum absolute atomic E-state index is 0.0917. The highest BCUT2D eigenvalue weighted by atomic mass is 32.2. The Kier molecular flexibility index (Phi) is 9.22. The minimum atomic E-state index is -4.10. The van der Waals surface area contributed by atoms with Crippen molar-refractivity contribution in [2.45, 2.75) is 71.5 Å².